The fourth-order valence-corrected chi connectivity index (χ4v) is 4.62. The molecule has 0 fully saturated rings. The number of aliphatic carboxylic acids is 1. The first kappa shape index (κ1) is 18.9. The largest absolute Gasteiger partial charge is 0.480 e. The molecule has 0 spiro atoms. The van der Waals surface area contributed by atoms with Crippen LogP contribution < -0.4 is 4.31 Å². The highest BCUT2D eigenvalue weighted by atomic mass is 32.2. The highest BCUT2D eigenvalue weighted by Crippen LogP contribution is 2.36. The summed E-state index contributed by atoms with van der Waals surface area (Å²) in [6.45, 7) is 3.01. The maximum absolute atomic E-state index is 13.3. The predicted molar refractivity (Wildman–Crippen MR) is 106 cm³/mol. The van der Waals surface area contributed by atoms with Gasteiger partial charge < -0.3 is 5.11 Å². The second kappa shape index (κ2) is 7.40. The standard InChI is InChI=1S/C21H21NO4S/c1-15-10-12-18(13-11-15)27(25,26)22(14-20(23)24)21-16(2)6-5-9-19(21)17-7-3-4-8-17/h3,5-13H,4,14H2,1-2H3,(H,23,24). The third kappa shape index (κ3) is 3.80. The van der Waals surface area contributed by atoms with Crippen LogP contribution in [-0.2, 0) is 14.8 Å². The molecule has 1 aliphatic carbocycles. The van der Waals surface area contributed by atoms with Crippen molar-refractivity contribution in [2.45, 2.75) is 25.2 Å². The van der Waals surface area contributed by atoms with Crippen LogP contribution in [0.5, 0.6) is 0 Å². The molecule has 0 atom stereocenters. The Morgan fingerprint density at radius 3 is 2.41 bits per heavy atom. The first-order valence-corrected chi connectivity index (χ1v) is 10.0. The normalized spacial score (nSPS) is 13.5. The van der Waals surface area contributed by atoms with E-state index in [1.54, 1.807) is 25.1 Å². The number of carbonyl (C=O) groups is 1. The van der Waals surface area contributed by atoms with Gasteiger partial charge >= 0.3 is 5.97 Å². The van der Waals surface area contributed by atoms with Gasteiger partial charge in [0, 0.05) is 5.56 Å². The van der Waals surface area contributed by atoms with Crippen LogP contribution in [-0.4, -0.2) is 26.0 Å². The average molecular weight is 383 g/mol. The van der Waals surface area contributed by atoms with Crippen molar-refractivity contribution in [1.29, 1.82) is 0 Å². The van der Waals surface area contributed by atoms with Gasteiger partial charge in [0.1, 0.15) is 6.54 Å². The molecule has 0 bridgehead atoms. The van der Waals surface area contributed by atoms with Gasteiger partial charge in [-0.3, -0.25) is 9.10 Å². The molecule has 0 aliphatic heterocycles. The van der Waals surface area contributed by atoms with Crippen LogP contribution in [0.15, 0.2) is 65.6 Å². The Kier molecular flexibility index (Phi) is 5.19. The first-order chi connectivity index (χ1) is 12.8. The van der Waals surface area contributed by atoms with Gasteiger partial charge in [-0.05, 0) is 43.5 Å². The summed E-state index contributed by atoms with van der Waals surface area (Å²) in [5, 5.41) is 9.41. The molecule has 0 saturated heterocycles. The number of rotatable bonds is 6. The molecule has 1 N–H and O–H groups in total. The van der Waals surface area contributed by atoms with Crippen molar-refractivity contribution in [3.05, 3.63) is 77.4 Å². The molecule has 0 heterocycles. The second-order valence-electron chi connectivity index (χ2n) is 6.49. The summed E-state index contributed by atoms with van der Waals surface area (Å²) in [6, 6.07) is 11.9. The second-order valence-corrected chi connectivity index (χ2v) is 8.35. The summed E-state index contributed by atoms with van der Waals surface area (Å²) in [5.41, 5.74) is 3.63. The maximum atomic E-state index is 13.3. The van der Waals surface area contributed by atoms with Crippen molar-refractivity contribution < 1.29 is 18.3 Å². The number of hydrogen-bond acceptors (Lipinski definition) is 3. The Labute approximate surface area is 159 Å². The van der Waals surface area contributed by atoms with E-state index in [0.29, 0.717) is 16.8 Å². The Morgan fingerprint density at radius 2 is 1.81 bits per heavy atom. The first-order valence-electron chi connectivity index (χ1n) is 8.58. The minimum Gasteiger partial charge on any atom is -0.480 e. The Balaban J connectivity index is 2.21. The molecular weight excluding hydrogens is 362 g/mol. The third-order valence-electron chi connectivity index (χ3n) is 4.46. The van der Waals surface area contributed by atoms with Gasteiger partial charge in [-0.25, -0.2) is 8.42 Å². The lowest BCUT2D eigenvalue weighted by atomic mass is 10.0. The molecule has 0 aromatic heterocycles. The number of allylic oxidation sites excluding steroid dienone is 4. The van der Waals surface area contributed by atoms with E-state index in [2.05, 4.69) is 0 Å². The Bertz CT molecular complexity index is 1030. The van der Waals surface area contributed by atoms with Crippen LogP contribution in [0.3, 0.4) is 0 Å². The van der Waals surface area contributed by atoms with Gasteiger partial charge in [-0.15, -0.1) is 0 Å². The van der Waals surface area contributed by atoms with Gasteiger partial charge in [0.25, 0.3) is 10.0 Å². The van der Waals surface area contributed by atoms with E-state index in [1.165, 1.54) is 12.1 Å². The molecule has 140 valence electrons. The lowest BCUT2D eigenvalue weighted by Crippen LogP contribution is -2.36. The molecule has 6 heteroatoms. The summed E-state index contributed by atoms with van der Waals surface area (Å²) >= 11 is 0. The SMILES string of the molecule is Cc1ccc(S(=O)(=O)N(CC(=O)O)c2c(C)cccc2C2=CCC=C2)cc1. The van der Waals surface area contributed by atoms with Crippen molar-refractivity contribution in [1.82, 2.24) is 0 Å². The van der Waals surface area contributed by atoms with Gasteiger partial charge in [0.2, 0.25) is 0 Å². The summed E-state index contributed by atoms with van der Waals surface area (Å²) in [6.07, 6.45) is 6.68. The van der Waals surface area contributed by atoms with E-state index in [0.717, 1.165) is 21.9 Å². The quantitative estimate of drug-likeness (QED) is 0.820. The minimum absolute atomic E-state index is 0.0690. The predicted octanol–water partition coefficient (Wildman–Crippen LogP) is 3.93. The minimum atomic E-state index is -4.04. The fourth-order valence-electron chi connectivity index (χ4n) is 3.13. The number of benzene rings is 2. The number of sulfonamides is 1. The lowest BCUT2D eigenvalue weighted by molar-refractivity contribution is -0.135. The number of anilines is 1. The summed E-state index contributed by atoms with van der Waals surface area (Å²) < 4.78 is 27.6. The van der Waals surface area contributed by atoms with Crippen LogP contribution in [0.4, 0.5) is 5.69 Å². The summed E-state index contributed by atoms with van der Waals surface area (Å²) in [5.74, 6) is -1.21. The molecule has 0 saturated carbocycles. The fraction of sp³-hybridized carbons (Fsp3) is 0.190. The highest BCUT2D eigenvalue weighted by Gasteiger charge is 2.30. The summed E-state index contributed by atoms with van der Waals surface area (Å²) in [7, 11) is -4.04. The van der Waals surface area contributed by atoms with E-state index >= 15 is 0 Å². The number of carboxylic acids is 1. The molecule has 2 aromatic rings. The van der Waals surface area contributed by atoms with Crippen molar-refractivity contribution in [2.75, 3.05) is 10.8 Å². The molecule has 27 heavy (non-hydrogen) atoms. The van der Waals surface area contributed by atoms with E-state index in [1.807, 2.05) is 37.3 Å². The van der Waals surface area contributed by atoms with Crippen LogP contribution in [0, 0.1) is 13.8 Å². The van der Waals surface area contributed by atoms with Gasteiger partial charge in [-0.1, -0.05) is 54.1 Å². The number of para-hydroxylation sites is 1. The van der Waals surface area contributed by atoms with E-state index < -0.39 is 22.5 Å². The molecule has 5 nitrogen and oxygen atoms in total. The average Bonchev–Trinajstić information content (AvgIpc) is 3.14. The van der Waals surface area contributed by atoms with Crippen LogP contribution in [0.25, 0.3) is 5.57 Å². The molecule has 0 unspecified atom stereocenters. The Morgan fingerprint density at radius 1 is 1.11 bits per heavy atom. The molecule has 0 amide bonds. The zero-order chi connectivity index (χ0) is 19.6. The Hall–Kier alpha value is -2.86. The molecule has 2 aromatic carbocycles. The zero-order valence-corrected chi connectivity index (χ0v) is 16.0. The zero-order valence-electron chi connectivity index (χ0n) is 15.2. The number of nitrogens with zero attached hydrogens (tertiary/aromatic N) is 1. The number of hydrogen-bond donors (Lipinski definition) is 1. The smallest absolute Gasteiger partial charge is 0.324 e. The topological polar surface area (TPSA) is 74.7 Å². The molecule has 1 aliphatic rings. The molecular formula is C21H21NO4S. The van der Waals surface area contributed by atoms with Crippen molar-refractivity contribution >= 4 is 27.3 Å². The van der Waals surface area contributed by atoms with Crippen molar-refractivity contribution in [3.63, 3.8) is 0 Å². The lowest BCUT2D eigenvalue weighted by Gasteiger charge is -2.27. The highest BCUT2D eigenvalue weighted by molar-refractivity contribution is 7.92. The van der Waals surface area contributed by atoms with Crippen LogP contribution in [0.1, 0.15) is 23.1 Å². The van der Waals surface area contributed by atoms with Gasteiger partial charge in [-0.2, -0.15) is 0 Å². The third-order valence-corrected chi connectivity index (χ3v) is 6.22. The van der Waals surface area contributed by atoms with Gasteiger partial charge in [0.15, 0.2) is 0 Å². The van der Waals surface area contributed by atoms with Crippen molar-refractivity contribution in [3.8, 4) is 0 Å². The molecule has 3 rings (SSSR count). The molecule has 0 radical (unpaired) electrons. The van der Waals surface area contributed by atoms with Crippen LogP contribution in [0.2, 0.25) is 0 Å². The summed E-state index contributed by atoms with van der Waals surface area (Å²) in [4.78, 5) is 11.6. The number of aryl methyl sites for hydroxylation is 2. The van der Waals surface area contributed by atoms with Gasteiger partial charge in [0.05, 0.1) is 10.6 Å². The van der Waals surface area contributed by atoms with E-state index in [4.69, 9.17) is 0 Å². The number of carboxylic acid groups (broad SMARTS) is 1. The van der Waals surface area contributed by atoms with Crippen LogP contribution >= 0.6 is 0 Å². The van der Waals surface area contributed by atoms with E-state index in [-0.39, 0.29) is 4.90 Å². The van der Waals surface area contributed by atoms with E-state index in [9.17, 15) is 18.3 Å². The monoisotopic (exact) mass is 383 g/mol. The van der Waals surface area contributed by atoms with Crippen molar-refractivity contribution in [2.24, 2.45) is 0 Å². The maximum Gasteiger partial charge on any atom is 0.324 e.